The first kappa shape index (κ1) is 32.4. The molecule has 0 fully saturated rings. The molecule has 2 unspecified atom stereocenters. The van der Waals surface area contributed by atoms with Crippen molar-refractivity contribution >= 4 is 29.8 Å². The van der Waals surface area contributed by atoms with Crippen molar-refractivity contribution in [1.82, 2.24) is 15.5 Å². The van der Waals surface area contributed by atoms with E-state index in [9.17, 15) is 24.0 Å². The first-order valence-electron chi connectivity index (χ1n) is 12.5. The number of methoxy groups -OCH3 is 1. The van der Waals surface area contributed by atoms with Gasteiger partial charge in [-0.2, -0.15) is 0 Å². The van der Waals surface area contributed by atoms with Crippen molar-refractivity contribution in [2.75, 3.05) is 13.7 Å². The third-order valence-electron chi connectivity index (χ3n) is 6.05. The number of carbonyl (C=O) groups excluding carboxylic acids is 5. The average molecular weight is 535 g/mol. The Morgan fingerprint density at radius 3 is 2.16 bits per heavy atom. The normalized spacial score (nSPS) is 13.1. The Kier molecular flexibility index (Phi) is 11.8. The van der Waals surface area contributed by atoms with E-state index in [1.165, 1.54) is 12.0 Å². The van der Waals surface area contributed by atoms with E-state index in [4.69, 9.17) is 10.5 Å². The molecule has 0 bridgehead atoms. The Hall–Kier alpha value is -3.63. The van der Waals surface area contributed by atoms with Crippen molar-refractivity contribution in [3.05, 3.63) is 35.4 Å². The van der Waals surface area contributed by atoms with Gasteiger partial charge >= 0.3 is 12.1 Å². The smallest absolute Gasteiger partial charge is 0.408 e. The van der Waals surface area contributed by atoms with Crippen molar-refractivity contribution in [2.24, 2.45) is 5.73 Å². The monoisotopic (exact) mass is 534 g/mol. The van der Waals surface area contributed by atoms with E-state index >= 15 is 0 Å². The minimum Gasteiger partial charge on any atom is -0.468 e. The zero-order valence-electron chi connectivity index (χ0n) is 23.7. The lowest BCUT2D eigenvalue weighted by Gasteiger charge is -2.45. The maximum Gasteiger partial charge on any atom is 0.408 e. The molecule has 0 aromatic heterocycles. The molecule has 212 valence electrons. The molecular formula is C27H42N4O7. The highest BCUT2D eigenvalue weighted by Gasteiger charge is 2.43. The number of ether oxygens (including phenoxy) is 2. The fourth-order valence-corrected chi connectivity index (χ4v) is 3.73. The number of nitrogens with two attached hydrogens (primary N) is 1. The summed E-state index contributed by atoms with van der Waals surface area (Å²) in [5.41, 5.74) is 4.90. The fraction of sp³-hybridized carbons (Fsp3) is 0.593. The number of benzene rings is 1. The molecule has 11 nitrogen and oxygen atoms in total. The molecule has 0 saturated heterocycles. The quantitative estimate of drug-likeness (QED) is 0.348. The maximum absolute atomic E-state index is 14.2. The van der Waals surface area contributed by atoms with Crippen LogP contribution in [0.2, 0.25) is 0 Å². The van der Waals surface area contributed by atoms with Crippen molar-refractivity contribution < 1.29 is 33.4 Å². The molecule has 4 N–H and O–H groups in total. The Labute approximate surface area is 224 Å². The molecule has 0 aliphatic rings. The number of esters is 1. The van der Waals surface area contributed by atoms with E-state index < -0.39 is 59.6 Å². The molecule has 0 saturated carbocycles. The first-order chi connectivity index (χ1) is 17.5. The minimum atomic E-state index is -1.22. The van der Waals surface area contributed by atoms with Crippen molar-refractivity contribution in [3.8, 4) is 0 Å². The van der Waals surface area contributed by atoms with Gasteiger partial charge < -0.3 is 30.7 Å². The van der Waals surface area contributed by atoms with Gasteiger partial charge in [-0.15, -0.1) is 0 Å². The zero-order valence-corrected chi connectivity index (χ0v) is 23.7. The van der Waals surface area contributed by atoms with E-state index in [0.29, 0.717) is 12.0 Å². The third kappa shape index (κ3) is 9.68. The number of hydrogen-bond donors (Lipinski definition) is 3. The summed E-state index contributed by atoms with van der Waals surface area (Å²) in [5, 5.41) is 5.12. The molecule has 38 heavy (non-hydrogen) atoms. The van der Waals surface area contributed by atoms with E-state index in [2.05, 4.69) is 15.4 Å². The van der Waals surface area contributed by atoms with Crippen LogP contribution in [0.5, 0.6) is 0 Å². The number of rotatable bonds is 12. The first-order valence-corrected chi connectivity index (χ1v) is 12.5. The third-order valence-corrected chi connectivity index (χ3v) is 6.05. The predicted molar refractivity (Wildman–Crippen MR) is 142 cm³/mol. The number of nitrogens with one attached hydrogen (secondary N) is 2. The lowest BCUT2D eigenvalue weighted by molar-refractivity contribution is -0.150. The molecule has 0 aliphatic heterocycles. The van der Waals surface area contributed by atoms with Gasteiger partial charge in [0.1, 0.15) is 24.2 Å². The predicted octanol–water partition coefficient (Wildman–Crippen LogP) is 2.50. The van der Waals surface area contributed by atoms with Gasteiger partial charge in [-0.25, -0.2) is 4.79 Å². The SMILES string of the molecule is CCC(C)(C)N(C(=O)C(CCC(N)=O)NC(=O)OC(C)(C)C)C(C(=O)NCC(=O)OC)c1ccccc1C. The van der Waals surface area contributed by atoms with Crippen molar-refractivity contribution in [3.63, 3.8) is 0 Å². The molecule has 0 spiro atoms. The molecule has 11 heteroatoms. The van der Waals surface area contributed by atoms with Crippen LogP contribution in [0.25, 0.3) is 0 Å². The number of primary amides is 1. The highest BCUT2D eigenvalue weighted by molar-refractivity contribution is 5.94. The average Bonchev–Trinajstić information content (AvgIpc) is 2.82. The second kappa shape index (κ2) is 13.8. The summed E-state index contributed by atoms with van der Waals surface area (Å²) in [5.74, 6) is -2.52. The Morgan fingerprint density at radius 2 is 1.66 bits per heavy atom. The minimum absolute atomic E-state index is 0.103. The van der Waals surface area contributed by atoms with E-state index in [0.717, 1.165) is 5.56 Å². The zero-order chi connectivity index (χ0) is 29.3. The number of hydrogen-bond acceptors (Lipinski definition) is 7. The van der Waals surface area contributed by atoms with Crippen LogP contribution < -0.4 is 16.4 Å². The summed E-state index contributed by atoms with van der Waals surface area (Å²) in [6, 6.07) is 4.69. The molecule has 0 radical (unpaired) electrons. The van der Waals surface area contributed by atoms with E-state index in [-0.39, 0.29) is 12.8 Å². The summed E-state index contributed by atoms with van der Waals surface area (Å²) in [6.07, 6.45) is -0.693. The van der Waals surface area contributed by atoms with Gasteiger partial charge in [0.2, 0.25) is 17.7 Å². The molecule has 1 rings (SSSR count). The fourth-order valence-electron chi connectivity index (χ4n) is 3.73. The second-order valence-corrected chi connectivity index (χ2v) is 10.6. The standard InChI is InChI=1S/C27H42N4O7/c1-9-27(6,7)31(24(35)19(14-15-20(28)32)30-25(36)38-26(3,4)5)22(18-13-11-10-12-17(18)2)23(34)29-16-21(33)37-8/h10-13,19,22H,9,14-16H2,1-8H3,(H2,28,32)(H,29,34)(H,30,36). The summed E-state index contributed by atoms with van der Waals surface area (Å²) in [4.78, 5) is 65.2. The summed E-state index contributed by atoms with van der Waals surface area (Å²) in [6.45, 7) is 11.9. The molecule has 2 atom stereocenters. The van der Waals surface area contributed by atoms with Gasteiger partial charge in [0, 0.05) is 12.0 Å². The van der Waals surface area contributed by atoms with E-state index in [1.54, 1.807) is 65.8 Å². The summed E-state index contributed by atoms with van der Waals surface area (Å²) < 4.78 is 9.98. The lowest BCUT2D eigenvalue weighted by Crippen LogP contribution is -2.59. The number of aryl methyl sites for hydroxylation is 1. The molecule has 0 aliphatic carbocycles. The number of amides is 4. The molecule has 1 aromatic carbocycles. The van der Waals surface area contributed by atoms with Crippen molar-refractivity contribution in [2.45, 2.75) is 91.0 Å². The second-order valence-electron chi connectivity index (χ2n) is 10.6. The van der Waals surface area contributed by atoms with Crippen LogP contribution in [0.4, 0.5) is 4.79 Å². The highest BCUT2D eigenvalue weighted by Crippen LogP contribution is 2.34. The molecular weight excluding hydrogens is 492 g/mol. The summed E-state index contributed by atoms with van der Waals surface area (Å²) in [7, 11) is 1.20. The molecule has 0 heterocycles. The van der Waals surface area contributed by atoms with Crippen LogP contribution in [0, 0.1) is 6.92 Å². The Morgan fingerprint density at radius 1 is 1.05 bits per heavy atom. The summed E-state index contributed by atoms with van der Waals surface area (Å²) >= 11 is 0. The van der Waals surface area contributed by atoms with Gasteiger partial charge in [-0.05, 0) is 65.5 Å². The largest absolute Gasteiger partial charge is 0.468 e. The maximum atomic E-state index is 14.2. The van der Waals surface area contributed by atoms with Gasteiger partial charge in [0.05, 0.1) is 7.11 Å². The van der Waals surface area contributed by atoms with Crippen molar-refractivity contribution in [1.29, 1.82) is 0 Å². The number of alkyl carbamates (subject to hydrolysis) is 1. The van der Waals surface area contributed by atoms with Gasteiger partial charge in [0.15, 0.2) is 0 Å². The number of carbonyl (C=O) groups is 5. The van der Waals surface area contributed by atoms with Crippen LogP contribution in [0.1, 0.15) is 78.0 Å². The number of nitrogens with zero attached hydrogens (tertiary/aromatic N) is 1. The van der Waals surface area contributed by atoms with Crippen LogP contribution >= 0.6 is 0 Å². The topological polar surface area (TPSA) is 157 Å². The van der Waals surface area contributed by atoms with Crippen LogP contribution in [-0.4, -0.2) is 65.5 Å². The van der Waals surface area contributed by atoms with Crippen LogP contribution in [0.3, 0.4) is 0 Å². The van der Waals surface area contributed by atoms with Crippen LogP contribution in [0.15, 0.2) is 24.3 Å². The van der Waals surface area contributed by atoms with Gasteiger partial charge in [0.25, 0.3) is 0 Å². The van der Waals surface area contributed by atoms with E-state index in [1.807, 2.05) is 6.92 Å². The highest BCUT2D eigenvalue weighted by atomic mass is 16.6. The Bertz CT molecular complexity index is 1020. The van der Waals surface area contributed by atoms with Crippen LogP contribution in [-0.2, 0) is 28.7 Å². The Balaban J connectivity index is 3.66. The van der Waals surface area contributed by atoms with Gasteiger partial charge in [-0.1, -0.05) is 31.2 Å². The molecule has 4 amide bonds. The molecule has 1 aromatic rings. The lowest BCUT2D eigenvalue weighted by atomic mass is 9.90. The van der Waals surface area contributed by atoms with Gasteiger partial charge in [-0.3, -0.25) is 19.2 Å².